The normalized spacial score (nSPS) is 10.2. The molecule has 0 spiro atoms. The second-order valence-corrected chi connectivity index (χ2v) is 3.90. The molecule has 17 heavy (non-hydrogen) atoms. The van der Waals surface area contributed by atoms with Crippen LogP contribution >= 0.6 is 15.9 Å². The summed E-state index contributed by atoms with van der Waals surface area (Å²) in [7, 11) is 0. The first-order valence-electron chi connectivity index (χ1n) is 4.38. The Morgan fingerprint density at radius 1 is 1.53 bits per heavy atom. The fourth-order valence-corrected chi connectivity index (χ4v) is 1.39. The fourth-order valence-electron chi connectivity index (χ4n) is 1.05. The molecule has 0 saturated carbocycles. The van der Waals surface area contributed by atoms with Crippen LogP contribution in [0.1, 0.15) is 10.5 Å². The van der Waals surface area contributed by atoms with Crippen molar-refractivity contribution in [3.63, 3.8) is 0 Å². The Morgan fingerprint density at radius 2 is 2.29 bits per heavy atom. The lowest BCUT2D eigenvalue weighted by atomic mass is 10.3. The largest absolute Gasteiger partial charge is 0.476 e. The molecule has 0 unspecified atom stereocenters. The van der Waals surface area contributed by atoms with Crippen LogP contribution in [0, 0.1) is 5.82 Å². The molecule has 0 aliphatic heterocycles. The van der Waals surface area contributed by atoms with E-state index in [1.54, 1.807) is 0 Å². The van der Waals surface area contributed by atoms with E-state index in [4.69, 9.17) is 14.3 Å². The Hall–Kier alpha value is -1.89. The minimum absolute atomic E-state index is 0.113. The second-order valence-electron chi connectivity index (χ2n) is 2.98. The van der Waals surface area contributed by atoms with E-state index in [9.17, 15) is 9.18 Å². The maximum absolute atomic E-state index is 13.3. The highest BCUT2D eigenvalue weighted by Crippen LogP contribution is 2.26. The quantitative estimate of drug-likeness (QED) is 0.943. The van der Waals surface area contributed by atoms with E-state index in [1.165, 1.54) is 18.2 Å². The summed E-state index contributed by atoms with van der Waals surface area (Å²) in [5.41, 5.74) is -0.310. The minimum Gasteiger partial charge on any atom is -0.476 e. The molecule has 5 nitrogen and oxygen atoms in total. The van der Waals surface area contributed by atoms with Crippen molar-refractivity contribution in [3.05, 3.63) is 40.4 Å². The highest BCUT2D eigenvalue weighted by Gasteiger charge is 2.13. The fraction of sp³-hybridized carbons (Fsp3) is 0. The Balaban J connectivity index is 2.25. The summed E-state index contributed by atoms with van der Waals surface area (Å²) in [6, 6.07) is 4.07. The first kappa shape index (κ1) is 11.6. The van der Waals surface area contributed by atoms with Crippen molar-refractivity contribution in [1.29, 1.82) is 0 Å². The monoisotopic (exact) mass is 301 g/mol. The van der Waals surface area contributed by atoms with Crippen molar-refractivity contribution in [1.82, 2.24) is 4.98 Å². The third-order valence-electron chi connectivity index (χ3n) is 1.79. The number of hydrogen-bond acceptors (Lipinski definition) is 4. The van der Waals surface area contributed by atoms with Gasteiger partial charge in [-0.1, -0.05) is 15.9 Å². The van der Waals surface area contributed by atoms with Crippen LogP contribution in [0.4, 0.5) is 4.39 Å². The van der Waals surface area contributed by atoms with Gasteiger partial charge in [-0.2, -0.15) is 4.98 Å². The van der Waals surface area contributed by atoms with Gasteiger partial charge in [-0.05, 0) is 18.2 Å². The van der Waals surface area contributed by atoms with E-state index >= 15 is 0 Å². The zero-order valence-electron chi connectivity index (χ0n) is 8.18. The molecular weight excluding hydrogens is 297 g/mol. The molecule has 0 aliphatic rings. The van der Waals surface area contributed by atoms with Gasteiger partial charge in [-0.15, -0.1) is 0 Å². The average molecular weight is 302 g/mol. The summed E-state index contributed by atoms with van der Waals surface area (Å²) in [5, 5.41) is 8.60. The molecule has 7 heteroatoms. The van der Waals surface area contributed by atoms with E-state index in [2.05, 4.69) is 20.9 Å². The van der Waals surface area contributed by atoms with Gasteiger partial charge in [0.2, 0.25) is 0 Å². The van der Waals surface area contributed by atoms with Crippen molar-refractivity contribution in [2.24, 2.45) is 0 Å². The number of rotatable bonds is 3. The van der Waals surface area contributed by atoms with Gasteiger partial charge in [0.25, 0.3) is 0 Å². The molecule has 0 saturated heterocycles. The Labute approximate surface area is 103 Å². The summed E-state index contributed by atoms with van der Waals surface area (Å²) >= 11 is 3.15. The van der Waals surface area contributed by atoms with Crippen LogP contribution in [0.15, 0.2) is 33.4 Å². The van der Waals surface area contributed by atoms with Crippen LogP contribution in [-0.4, -0.2) is 16.1 Å². The molecule has 2 rings (SSSR count). The lowest BCUT2D eigenvalue weighted by molar-refractivity contribution is 0.0690. The van der Waals surface area contributed by atoms with Crippen molar-refractivity contribution in [2.75, 3.05) is 0 Å². The summed E-state index contributed by atoms with van der Waals surface area (Å²) in [5.74, 6) is -1.97. The van der Waals surface area contributed by atoms with Crippen molar-refractivity contribution in [2.45, 2.75) is 0 Å². The Bertz CT molecular complexity index is 569. The van der Waals surface area contributed by atoms with Gasteiger partial charge < -0.3 is 14.3 Å². The van der Waals surface area contributed by atoms with Crippen LogP contribution in [0.25, 0.3) is 0 Å². The Morgan fingerprint density at radius 3 is 2.94 bits per heavy atom. The number of benzene rings is 1. The predicted molar refractivity (Wildman–Crippen MR) is 57.6 cm³/mol. The third-order valence-corrected chi connectivity index (χ3v) is 2.29. The van der Waals surface area contributed by atoms with Gasteiger partial charge in [0.15, 0.2) is 17.3 Å². The zero-order valence-corrected chi connectivity index (χ0v) is 9.77. The van der Waals surface area contributed by atoms with Crippen molar-refractivity contribution in [3.8, 4) is 11.8 Å². The molecule has 0 radical (unpaired) electrons. The van der Waals surface area contributed by atoms with E-state index in [1.807, 2.05) is 0 Å². The maximum Gasteiger partial charge on any atom is 0.400 e. The lowest BCUT2D eigenvalue weighted by Crippen LogP contribution is -1.96. The summed E-state index contributed by atoms with van der Waals surface area (Å²) in [4.78, 5) is 14.0. The molecule has 88 valence electrons. The molecule has 0 amide bonds. The summed E-state index contributed by atoms with van der Waals surface area (Å²) in [6.07, 6.45) is 0.576. The molecule has 2 aromatic rings. The van der Waals surface area contributed by atoms with Crippen LogP contribution < -0.4 is 4.74 Å². The predicted octanol–water partition coefficient (Wildman–Crippen LogP) is 3.07. The van der Waals surface area contributed by atoms with E-state index in [-0.39, 0.29) is 17.5 Å². The number of oxazole rings is 1. The molecule has 1 aromatic carbocycles. The van der Waals surface area contributed by atoms with Gasteiger partial charge >= 0.3 is 12.0 Å². The van der Waals surface area contributed by atoms with E-state index in [0.29, 0.717) is 4.47 Å². The van der Waals surface area contributed by atoms with Gasteiger partial charge in [0.1, 0.15) is 6.26 Å². The van der Waals surface area contributed by atoms with Crippen molar-refractivity contribution < 1.29 is 23.4 Å². The number of carboxylic acid groups (broad SMARTS) is 1. The number of hydrogen-bond donors (Lipinski definition) is 1. The number of nitrogens with zero attached hydrogens (tertiary/aromatic N) is 1. The van der Waals surface area contributed by atoms with Gasteiger partial charge in [0.05, 0.1) is 0 Å². The smallest absolute Gasteiger partial charge is 0.400 e. The molecule has 1 heterocycles. The number of ether oxygens (including phenoxy) is 1. The third kappa shape index (κ3) is 2.62. The van der Waals surface area contributed by atoms with Crippen LogP contribution in [0.2, 0.25) is 0 Å². The molecule has 0 aliphatic carbocycles. The molecule has 0 atom stereocenters. The number of carboxylic acids is 1. The molecule has 1 aromatic heterocycles. The average Bonchev–Trinajstić information content (AvgIpc) is 2.72. The van der Waals surface area contributed by atoms with Gasteiger partial charge in [-0.3, -0.25) is 0 Å². The summed E-state index contributed by atoms with van der Waals surface area (Å²) in [6.45, 7) is 0. The Kier molecular flexibility index (Phi) is 3.10. The number of carbonyl (C=O) groups is 1. The van der Waals surface area contributed by atoms with Crippen molar-refractivity contribution >= 4 is 21.9 Å². The standard InChI is InChI=1S/C10H5BrFNO4/c11-5-1-2-6(12)8(3-5)17-10-13-7(4-16-10)9(14)15/h1-4H,(H,14,15). The van der Waals surface area contributed by atoms with Crippen LogP contribution in [0.3, 0.4) is 0 Å². The maximum atomic E-state index is 13.3. The SMILES string of the molecule is O=C(O)c1coc(Oc2cc(Br)ccc2F)n1. The lowest BCUT2D eigenvalue weighted by Gasteiger charge is -2.02. The first-order valence-corrected chi connectivity index (χ1v) is 5.17. The number of aromatic nitrogens is 1. The summed E-state index contributed by atoms with van der Waals surface area (Å²) < 4.78 is 23.6. The highest BCUT2D eigenvalue weighted by atomic mass is 79.9. The molecule has 1 N–H and O–H groups in total. The van der Waals surface area contributed by atoms with Gasteiger partial charge in [0, 0.05) is 4.47 Å². The van der Waals surface area contributed by atoms with Crippen LogP contribution in [0.5, 0.6) is 11.8 Å². The zero-order chi connectivity index (χ0) is 12.4. The van der Waals surface area contributed by atoms with Crippen LogP contribution in [-0.2, 0) is 0 Å². The minimum atomic E-state index is -1.25. The van der Waals surface area contributed by atoms with E-state index < -0.39 is 11.8 Å². The molecular formula is C10H5BrFNO4. The number of halogens is 2. The first-order chi connectivity index (χ1) is 8.06. The highest BCUT2D eigenvalue weighted by molar-refractivity contribution is 9.10. The molecule has 0 fully saturated rings. The second kappa shape index (κ2) is 4.54. The number of aromatic carboxylic acids is 1. The topological polar surface area (TPSA) is 72.6 Å². The van der Waals surface area contributed by atoms with E-state index in [0.717, 1.165) is 6.26 Å². The molecule has 0 bridgehead atoms. The van der Waals surface area contributed by atoms with Gasteiger partial charge in [-0.25, -0.2) is 9.18 Å².